The number of aromatic hydroxyl groups is 1. The smallest absolute Gasteiger partial charge is 0.348 e. The maximum Gasteiger partial charge on any atom is 0.348 e. The fraction of sp³-hybridized carbons (Fsp3) is 0.0909. The molecule has 0 heterocycles. The average molecular weight is 248 g/mol. The molecule has 7 nitrogen and oxygen atoms in total. The predicted molar refractivity (Wildman–Crippen MR) is 60.4 cm³/mol. The van der Waals surface area contributed by atoms with E-state index in [2.05, 4.69) is 4.74 Å². The second kappa shape index (κ2) is 5.45. The first-order valence-electron chi connectivity index (χ1n) is 4.67. The molecule has 0 aromatic heterocycles. The molecule has 1 aromatic carbocycles. The van der Waals surface area contributed by atoms with E-state index in [1.54, 1.807) is 6.07 Å². The number of hydrogen-bond donors (Lipinski definition) is 1. The lowest BCUT2D eigenvalue weighted by molar-refractivity contribution is -0.385. The first kappa shape index (κ1) is 13.2. The van der Waals surface area contributed by atoms with E-state index < -0.39 is 22.3 Å². The second-order valence-electron chi connectivity index (χ2n) is 3.17. The highest BCUT2D eigenvalue weighted by Crippen LogP contribution is 2.27. The molecule has 0 aliphatic carbocycles. The summed E-state index contributed by atoms with van der Waals surface area (Å²) in [6.07, 6.45) is 1.14. The Balaban J connectivity index is 3.23. The number of benzene rings is 1. The third-order valence-corrected chi connectivity index (χ3v) is 2.03. The summed E-state index contributed by atoms with van der Waals surface area (Å²) in [5.41, 5.74) is -0.565. The normalized spacial score (nSPS) is 10.6. The number of ether oxygens (including phenoxy) is 1. The van der Waals surface area contributed by atoms with Crippen LogP contribution in [0, 0.1) is 21.4 Å². The number of phenolic OH excluding ortho intramolecular Hbond substituents is 1. The first-order chi connectivity index (χ1) is 8.49. The average Bonchev–Trinajstić information content (AvgIpc) is 2.36. The van der Waals surface area contributed by atoms with E-state index >= 15 is 0 Å². The van der Waals surface area contributed by atoms with Crippen LogP contribution >= 0.6 is 0 Å². The summed E-state index contributed by atoms with van der Waals surface area (Å²) in [4.78, 5) is 21.0. The number of rotatable bonds is 3. The summed E-state index contributed by atoms with van der Waals surface area (Å²) in [5.74, 6) is -1.33. The molecular formula is C11H8N2O5. The van der Waals surface area contributed by atoms with E-state index in [-0.39, 0.29) is 11.1 Å². The van der Waals surface area contributed by atoms with Crippen LogP contribution in [0.1, 0.15) is 5.56 Å². The molecule has 0 saturated heterocycles. The third kappa shape index (κ3) is 2.82. The number of carbonyl (C=O) groups is 1. The van der Waals surface area contributed by atoms with Crippen LogP contribution in [0.25, 0.3) is 6.08 Å². The predicted octanol–water partition coefficient (Wildman–Crippen LogP) is 1.38. The summed E-state index contributed by atoms with van der Waals surface area (Å²) in [6.45, 7) is 0. The summed E-state index contributed by atoms with van der Waals surface area (Å²) in [7, 11) is 1.12. The van der Waals surface area contributed by atoms with E-state index in [4.69, 9.17) is 5.26 Å². The molecule has 0 spiro atoms. The minimum absolute atomic E-state index is 0.237. The lowest BCUT2D eigenvalue weighted by atomic mass is 10.1. The monoisotopic (exact) mass is 248 g/mol. The molecule has 0 amide bonds. The number of nitro groups is 1. The Morgan fingerprint density at radius 1 is 1.61 bits per heavy atom. The van der Waals surface area contributed by atoms with Gasteiger partial charge in [-0.25, -0.2) is 4.79 Å². The summed E-state index contributed by atoms with van der Waals surface area (Å²) < 4.78 is 4.36. The van der Waals surface area contributed by atoms with Gasteiger partial charge in [-0.05, 0) is 17.7 Å². The molecule has 0 radical (unpaired) electrons. The molecule has 92 valence electrons. The maximum atomic E-state index is 11.1. The van der Waals surface area contributed by atoms with Gasteiger partial charge in [0.2, 0.25) is 0 Å². The zero-order valence-electron chi connectivity index (χ0n) is 9.28. The Morgan fingerprint density at radius 3 is 2.78 bits per heavy atom. The maximum absolute atomic E-state index is 11.1. The van der Waals surface area contributed by atoms with Gasteiger partial charge in [0.05, 0.1) is 12.0 Å². The van der Waals surface area contributed by atoms with Crippen molar-refractivity contribution in [2.45, 2.75) is 0 Å². The quantitative estimate of drug-likeness (QED) is 0.284. The first-order valence-corrected chi connectivity index (χ1v) is 4.67. The molecule has 0 aliphatic rings. The van der Waals surface area contributed by atoms with Gasteiger partial charge in [0, 0.05) is 6.07 Å². The number of nitriles is 1. The molecule has 7 heteroatoms. The highest BCUT2D eigenvalue weighted by molar-refractivity contribution is 5.97. The number of esters is 1. The minimum atomic E-state index is -0.840. The van der Waals surface area contributed by atoms with Crippen LogP contribution in [0.15, 0.2) is 23.8 Å². The Labute approximate surface area is 102 Å². The van der Waals surface area contributed by atoms with Crippen molar-refractivity contribution >= 4 is 17.7 Å². The molecule has 0 saturated carbocycles. The van der Waals surface area contributed by atoms with Crippen LogP contribution in [0.4, 0.5) is 5.69 Å². The molecule has 1 N–H and O–H groups in total. The fourth-order valence-electron chi connectivity index (χ4n) is 1.19. The van der Waals surface area contributed by atoms with Crippen LogP contribution in [-0.4, -0.2) is 23.1 Å². The van der Waals surface area contributed by atoms with E-state index in [1.165, 1.54) is 6.07 Å². The standard InChI is InChI=1S/C11H8N2O5/c1-18-11(15)8(6-12)4-7-2-3-10(14)9(5-7)13(16)17/h2-5,14H,1H3/b8-4+. The lowest BCUT2D eigenvalue weighted by Crippen LogP contribution is -2.02. The Kier molecular flexibility index (Phi) is 3.99. The zero-order valence-corrected chi connectivity index (χ0v) is 9.28. The van der Waals surface area contributed by atoms with Crippen molar-refractivity contribution in [1.29, 1.82) is 5.26 Å². The van der Waals surface area contributed by atoms with Crippen molar-refractivity contribution in [2.75, 3.05) is 7.11 Å². The third-order valence-electron chi connectivity index (χ3n) is 2.03. The Hall–Kier alpha value is -2.88. The van der Waals surface area contributed by atoms with E-state index in [1.807, 2.05) is 0 Å². The van der Waals surface area contributed by atoms with Crippen LogP contribution in [0.5, 0.6) is 5.75 Å². The Morgan fingerprint density at radius 2 is 2.28 bits per heavy atom. The summed E-state index contributed by atoms with van der Waals surface area (Å²) >= 11 is 0. The fourth-order valence-corrected chi connectivity index (χ4v) is 1.19. The van der Waals surface area contributed by atoms with Crippen LogP contribution in [0.2, 0.25) is 0 Å². The van der Waals surface area contributed by atoms with Crippen molar-refractivity contribution in [3.05, 3.63) is 39.4 Å². The number of carbonyl (C=O) groups excluding carboxylic acids is 1. The van der Waals surface area contributed by atoms with Crippen LogP contribution in [0.3, 0.4) is 0 Å². The van der Waals surface area contributed by atoms with Gasteiger partial charge in [-0.2, -0.15) is 5.26 Å². The van der Waals surface area contributed by atoms with Gasteiger partial charge in [0.15, 0.2) is 5.75 Å². The zero-order chi connectivity index (χ0) is 13.7. The van der Waals surface area contributed by atoms with Crippen molar-refractivity contribution in [1.82, 2.24) is 0 Å². The molecule has 18 heavy (non-hydrogen) atoms. The highest BCUT2D eigenvalue weighted by atomic mass is 16.6. The van der Waals surface area contributed by atoms with Gasteiger partial charge in [-0.3, -0.25) is 10.1 Å². The molecule has 0 fully saturated rings. The summed E-state index contributed by atoms with van der Waals surface area (Å²) in [6, 6.07) is 5.11. The Bertz CT molecular complexity index is 571. The van der Waals surface area contributed by atoms with E-state index in [0.29, 0.717) is 0 Å². The number of hydrogen-bond acceptors (Lipinski definition) is 6. The van der Waals surface area contributed by atoms with Gasteiger partial charge < -0.3 is 9.84 Å². The topological polar surface area (TPSA) is 113 Å². The number of nitrogens with zero attached hydrogens (tertiary/aromatic N) is 2. The molecule has 0 bridgehead atoms. The number of phenols is 1. The molecule has 1 aromatic rings. The van der Waals surface area contributed by atoms with Gasteiger partial charge >= 0.3 is 11.7 Å². The second-order valence-corrected chi connectivity index (χ2v) is 3.17. The number of methoxy groups -OCH3 is 1. The van der Waals surface area contributed by atoms with Gasteiger partial charge in [-0.15, -0.1) is 0 Å². The molecular weight excluding hydrogens is 240 g/mol. The van der Waals surface area contributed by atoms with E-state index in [9.17, 15) is 20.0 Å². The van der Waals surface area contributed by atoms with Gasteiger partial charge in [0.25, 0.3) is 0 Å². The van der Waals surface area contributed by atoms with Gasteiger partial charge in [-0.1, -0.05) is 6.07 Å². The van der Waals surface area contributed by atoms with Crippen molar-refractivity contribution in [3.8, 4) is 11.8 Å². The summed E-state index contributed by atoms with van der Waals surface area (Å²) in [5, 5.41) is 28.5. The van der Waals surface area contributed by atoms with Crippen molar-refractivity contribution in [3.63, 3.8) is 0 Å². The largest absolute Gasteiger partial charge is 0.502 e. The minimum Gasteiger partial charge on any atom is -0.502 e. The lowest BCUT2D eigenvalue weighted by Gasteiger charge is -1.99. The molecule has 1 rings (SSSR count). The highest BCUT2D eigenvalue weighted by Gasteiger charge is 2.14. The molecule has 0 aliphatic heterocycles. The molecule has 0 atom stereocenters. The van der Waals surface area contributed by atoms with Crippen molar-refractivity contribution in [2.24, 2.45) is 0 Å². The molecule has 0 unspecified atom stereocenters. The van der Waals surface area contributed by atoms with Crippen molar-refractivity contribution < 1.29 is 19.6 Å². The van der Waals surface area contributed by atoms with Gasteiger partial charge in [0.1, 0.15) is 11.6 Å². The SMILES string of the molecule is COC(=O)/C(C#N)=C/c1ccc(O)c([N+](=O)[O-])c1. The van der Waals surface area contributed by atoms with Crippen LogP contribution < -0.4 is 0 Å². The number of nitro benzene ring substituents is 1. The van der Waals surface area contributed by atoms with Crippen LogP contribution in [-0.2, 0) is 9.53 Å². The van der Waals surface area contributed by atoms with E-state index in [0.717, 1.165) is 25.3 Å².